The first-order valence-corrected chi connectivity index (χ1v) is 13.2. The molecule has 0 N–H and O–H groups in total. The Bertz CT molecular complexity index is 1220. The van der Waals surface area contributed by atoms with E-state index in [4.69, 9.17) is 0 Å². The van der Waals surface area contributed by atoms with E-state index in [1.54, 1.807) is 11.3 Å². The number of thiophene rings is 1. The highest BCUT2D eigenvalue weighted by atomic mass is 32.2. The van der Waals surface area contributed by atoms with Gasteiger partial charge in [-0.1, -0.05) is 48.2 Å². The fourth-order valence-electron chi connectivity index (χ4n) is 3.06. The fraction of sp³-hybridized carbons (Fsp3) is 0.182. The second-order valence-corrected chi connectivity index (χ2v) is 10.9. The predicted molar refractivity (Wildman–Crippen MR) is 123 cm³/mol. The van der Waals surface area contributed by atoms with Crippen LogP contribution in [0.25, 0.3) is 10.7 Å². The van der Waals surface area contributed by atoms with E-state index in [-0.39, 0.29) is 10.6 Å². The lowest BCUT2D eigenvalue weighted by molar-refractivity contribution is 0.593. The van der Waals surface area contributed by atoms with Crippen molar-refractivity contribution in [1.29, 1.82) is 0 Å². The molecule has 0 atom stereocenters. The first kappa shape index (κ1) is 21.7. The van der Waals surface area contributed by atoms with E-state index in [1.807, 2.05) is 35.7 Å². The molecular formula is C22H20FN3O2S3. The molecule has 0 fully saturated rings. The Balaban J connectivity index is 1.45. The van der Waals surface area contributed by atoms with Crippen LogP contribution in [0.4, 0.5) is 4.39 Å². The van der Waals surface area contributed by atoms with Crippen LogP contribution in [0, 0.1) is 5.82 Å². The molecule has 2 aromatic heterocycles. The van der Waals surface area contributed by atoms with Gasteiger partial charge >= 0.3 is 0 Å². The number of benzene rings is 2. The van der Waals surface area contributed by atoms with E-state index in [1.165, 1.54) is 36.0 Å². The van der Waals surface area contributed by atoms with Crippen molar-refractivity contribution in [3.05, 3.63) is 83.5 Å². The third-order valence-electron chi connectivity index (χ3n) is 4.60. The molecular weight excluding hydrogens is 453 g/mol. The Morgan fingerprint density at radius 1 is 0.968 bits per heavy atom. The van der Waals surface area contributed by atoms with E-state index in [0.29, 0.717) is 18.7 Å². The van der Waals surface area contributed by atoms with Crippen molar-refractivity contribution >= 4 is 32.9 Å². The standard InChI is InChI=1S/C22H20FN3O2S3/c23-18-9-11-19(12-10-18)31(27,28)15-5-14-30-22-25-24-21(20-8-4-13-29-20)26(22)16-17-6-2-1-3-7-17/h1-4,6-13H,5,14-16H2. The second kappa shape index (κ2) is 9.76. The summed E-state index contributed by atoms with van der Waals surface area (Å²) >= 11 is 3.10. The zero-order chi connectivity index (χ0) is 21.7. The summed E-state index contributed by atoms with van der Waals surface area (Å²) in [6.07, 6.45) is 0.455. The molecule has 0 spiro atoms. The summed E-state index contributed by atoms with van der Waals surface area (Å²) in [7, 11) is -3.44. The number of hydrogen-bond acceptors (Lipinski definition) is 6. The van der Waals surface area contributed by atoms with Crippen molar-refractivity contribution in [1.82, 2.24) is 14.8 Å². The van der Waals surface area contributed by atoms with Crippen molar-refractivity contribution in [2.75, 3.05) is 11.5 Å². The molecule has 31 heavy (non-hydrogen) atoms. The first-order chi connectivity index (χ1) is 15.0. The van der Waals surface area contributed by atoms with Crippen LogP contribution >= 0.6 is 23.1 Å². The number of nitrogens with zero attached hydrogens (tertiary/aromatic N) is 3. The van der Waals surface area contributed by atoms with Gasteiger partial charge in [0.15, 0.2) is 20.8 Å². The summed E-state index contributed by atoms with van der Waals surface area (Å²) in [5.74, 6) is 0.933. The Labute approximate surface area is 188 Å². The Hall–Kier alpha value is -2.49. The van der Waals surface area contributed by atoms with Gasteiger partial charge < -0.3 is 0 Å². The van der Waals surface area contributed by atoms with E-state index in [2.05, 4.69) is 26.9 Å². The largest absolute Gasteiger partial charge is 0.297 e. The quantitative estimate of drug-likeness (QED) is 0.191. The average Bonchev–Trinajstić information content (AvgIpc) is 3.43. The lowest BCUT2D eigenvalue weighted by atomic mass is 10.2. The topological polar surface area (TPSA) is 64.8 Å². The number of halogens is 1. The van der Waals surface area contributed by atoms with Crippen molar-refractivity contribution in [2.24, 2.45) is 0 Å². The van der Waals surface area contributed by atoms with Gasteiger partial charge in [0.1, 0.15) is 5.82 Å². The molecule has 0 unspecified atom stereocenters. The summed E-state index contributed by atoms with van der Waals surface area (Å²) in [6, 6.07) is 19.0. The van der Waals surface area contributed by atoms with Crippen molar-refractivity contribution in [3.63, 3.8) is 0 Å². The zero-order valence-corrected chi connectivity index (χ0v) is 19.0. The number of hydrogen-bond donors (Lipinski definition) is 0. The fourth-order valence-corrected chi connectivity index (χ4v) is 6.15. The number of thioether (sulfide) groups is 1. The van der Waals surface area contributed by atoms with Gasteiger partial charge in [0.2, 0.25) is 0 Å². The minimum absolute atomic E-state index is 0.00373. The molecule has 4 rings (SSSR count). The van der Waals surface area contributed by atoms with Crippen LogP contribution in [0.2, 0.25) is 0 Å². The van der Waals surface area contributed by atoms with Gasteiger partial charge in [-0.15, -0.1) is 21.5 Å². The summed E-state index contributed by atoms with van der Waals surface area (Å²) in [5, 5.41) is 11.5. The lowest BCUT2D eigenvalue weighted by Gasteiger charge is -2.10. The van der Waals surface area contributed by atoms with E-state index in [9.17, 15) is 12.8 Å². The molecule has 0 bridgehead atoms. The highest BCUT2D eigenvalue weighted by molar-refractivity contribution is 7.99. The minimum Gasteiger partial charge on any atom is -0.297 e. The van der Waals surface area contributed by atoms with Crippen LogP contribution in [0.5, 0.6) is 0 Å². The second-order valence-electron chi connectivity index (χ2n) is 6.83. The maximum atomic E-state index is 13.1. The van der Waals surface area contributed by atoms with Crippen LogP contribution in [0.1, 0.15) is 12.0 Å². The van der Waals surface area contributed by atoms with E-state index in [0.717, 1.165) is 21.4 Å². The van der Waals surface area contributed by atoms with Gasteiger partial charge in [-0.3, -0.25) is 4.57 Å². The van der Waals surface area contributed by atoms with Crippen molar-refractivity contribution in [3.8, 4) is 10.7 Å². The van der Waals surface area contributed by atoms with Gasteiger partial charge in [0, 0.05) is 5.75 Å². The smallest absolute Gasteiger partial charge is 0.191 e. The van der Waals surface area contributed by atoms with Crippen LogP contribution < -0.4 is 0 Å². The highest BCUT2D eigenvalue weighted by Gasteiger charge is 2.17. The number of aromatic nitrogens is 3. The van der Waals surface area contributed by atoms with Gasteiger partial charge in [-0.2, -0.15) is 0 Å². The molecule has 0 aliphatic rings. The number of rotatable bonds is 9. The monoisotopic (exact) mass is 473 g/mol. The molecule has 160 valence electrons. The maximum absolute atomic E-state index is 13.1. The third-order valence-corrected chi connectivity index (χ3v) is 8.34. The highest BCUT2D eigenvalue weighted by Crippen LogP contribution is 2.28. The van der Waals surface area contributed by atoms with Crippen LogP contribution in [-0.4, -0.2) is 34.7 Å². The van der Waals surface area contributed by atoms with E-state index < -0.39 is 15.7 Å². The normalized spacial score (nSPS) is 11.6. The molecule has 4 aromatic rings. The van der Waals surface area contributed by atoms with Gasteiger partial charge in [0.25, 0.3) is 0 Å². The molecule has 0 saturated heterocycles. The lowest BCUT2D eigenvalue weighted by Crippen LogP contribution is -2.08. The van der Waals surface area contributed by atoms with Crippen molar-refractivity contribution in [2.45, 2.75) is 23.0 Å². The Morgan fingerprint density at radius 3 is 2.45 bits per heavy atom. The van der Waals surface area contributed by atoms with Gasteiger partial charge in [-0.05, 0) is 47.7 Å². The molecule has 0 saturated carbocycles. The minimum atomic E-state index is -3.44. The van der Waals surface area contributed by atoms with Gasteiger partial charge in [0.05, 0.1) is 22.1 Å². The Morgan fingerprint density at radius 2 is 1.74 bits per heavy atom. The molecule has 2 aromatic carbocycles. The van der Waals surface area contributed by atoms with Crippen LogP contribution in [0.3, 0.4) is 0 Å². The van der Waals surface area contributed by atoms with Crippen LogP contribution in [-0.2, 0) is 16.4 Å². The summed E-state index contributed by atoms with van der Waals surface area (Å²) in [6.45, 7) is 0.636. The zero-order valence-electron chi connectivity index (χ0n) is 16.5. The Kier molecular flexibility index (Phi) is 6.84. The summed E-state index contributed by atoms with van der Waals surface area (Å²) in [4.78, 5) is 1.18. The average molecular weight is 474 g/mol. The molecule has 9 heteroatoms. The summed E-state index contributed by atoms with van der Waals surface area (Å²) < 4.78 is 40.0. The molecule has 5 nitrogen and oxygen atoms in total. The molecule has 0 amide bonds. The molecule has 0 aliphatic heterocycles. The van der Waals surface area contributed by atoms with E-state index >= 15 is 0 Å². The van der Waals surface area contributed by atoms with Crippen LogP contribution in [0.15, 0.2) is 82.2 Å². The first-order valence-electron chi connectivity index (χ1n) is 9.65. The SMILES string of the molecule is O=S(=O)(CCCSc1nnc(-c2cccs2)n1Cc1ccccc1)c1ccc(F)cc1. The molecule has 2 heterocycles. The summed E-state index contributed by atoms with van der Waals surface area (Å²) in [5.41, 5.74) is 1.14. The molecule has 0 radical (unpaired) electrons. The molecule has 0 aliphatic carbocycles. The number of sulfone groups is 1. The van der Waals surface area contributed by atoms with Crippen molar-refractivity contribution < 1.29 is 12.8 Å². The maximum Gasteiger partial charge on any atom is 0.191 e. The van der Waals surface area contributed by atoms with Gasteiger partial charge in [-0.25, -0.2) is 12.8 Å². The predicted octanol–water partition coefficient (Wildman–Crippen LogP) is 5.15. The third kappa shape index (κ3) is 5.41.